The van der Waals surface area contributed by atoms with Crippen molar-refractivity contribution in [3.8, 4) is 0 Å². The van der Waals surface area contributed by atoms with Crippen LogP contribution in [-0.2, 0) is 25.6 Å². The monoisotopic (exact) mass is 291 g/mol. The van der Waals surface area contributed by atoms with E-state index in [1.807, 2.05) is 30.3 Å². The van der Waals surface area contributed by atoms with E-state index < -0.39 is 12.1 Å². The zero-order valence-electron chi connectivity index (χ0n) is 11.8. The predicted octanol–water partition coefficient (Wildman–Crippen LogP) is 1.76. The van der Waals surface area contributed by atoms with E-state index in [0.29, 0.717) is 25.2 Å². The molecule has 1 amide bonds. The van der Waals surface area contributed by atoms with Crippen LogP contribution in [0, 0.1) is 0 Å². The molecule has 0 saturated carbocycles. The molecule has 6 nitrogen and oxygen atoms in total. The molecule has 0 atom stereocenters. The Bertz CT molecular complexity index is 530. The maximum atomic E-state index is 11.8. The Labute approximate surface area is 122 Å². The summed E-state index contributed by atoms with van der Waals surface area (Å²) in [5, 5.41) is 2.44. The second-order valence-corrected chi connectivity index (χ2v) is 4.46. The van der Waals surface area contributed by atoms with Gasteiger partial charge in [0.15, 0.2) is 0 Å². The number of ether oxygens (including phenoxy) is 3. The van der Waals surface area contributed by atoms with Gasteiger partial charge in [-0.1, -0.05) is 30.3 Å². The SMILES string of the molecule is COC(=O)C(NC(=O)OCc1ccccc1)=C1CCOC1. The first-order valence-electron chi connectivity index (χ1n) is 6.56. The quantitative estimate of drug-likeness (QED) is 0.676. The Hall–Kier alpha value is -2.34. The minimum Gasteiger partial charge on any atom is -0.464 e. The van der Waals surface area contributed by atoms with Crippen LogP contribution in [-0.4, -0.2) is 32.4 Å². The van der Waals surface area contributed by atoms with Gasteiger partial charge in [-0.3, -0.25) is 5.32 Å². The van der Waals surface area contributed by atoms with Gasteiger partial charge in [0.05, 0.1) is 20.3 Å². The topological polar surface area (TPSA) is 73.9 Å². The molecule has 2 rings (SSSR count). The molecule has 1 aromatic rings. The third-order valence-corrected chi connectivity index (χ3v) is 3.01. The Balaban J connectivity index is 1.95. The number of esters is 1. The molecule has 1 aliphatic heterocycles. The van der Waals surface area contributed by atoms with Gasteiger partial charge < -0.3 is 14.2 Å². The highest BCUT2D eigenvalue weighted by Crippen LogP contribution is 2.15. The van der Waals surface area contributed by atoms with E-state index >= 15 is 0 Å². The fraction of sp³-hybridized carbons (Fsp3) is 0.333. The van der Waals surface area contributed by atoms with Gasteiger partial charge >= 0.3 is 12.1 Å². The number of hydrogen-bond donors (Lipinski definition) is 1. The van der Waals surface area contributed by atoms with Crippen LogP contribution in [0.3, 0.4) is 0 Å². The van der Waals surface area contributed by atoms with Gasteiger partial charge in [0.2, 0.25) is 0 Å². The highest BCUT2D eigenvalue weighted by molar-refractivity contribution is 5.93. The molecule has 1 aliphatic rings. The van der Waals surface area contributed by atoms with E-state index in [4.69, 9.17) is 9.47 Å². The van der Waals surface area contributed by atoms with E-state index in [1.54, 1.807) is 0 Å². The summed E-state index contributed by atoms with van der Waals surface area (Å²) in [6.45, 7) is 0.965. The molecule has 0 aromatic heterocycles. The average Bonchev–Trinajstić information content (AvgIpc) is 3.05. The van der Waals surface area contributed by atoms with Crippen LogP contribution in [0.5, 0.6) is 0 Å². The third-order valence-electron chi connectivity index (χ3n) is 3.01. The number of nitrogens with one attached hydrogen (secondary N) is 1. The van der Waals surface area contributed by atoms with Crippen LogP contribution in [0.2, 0.25) is 0 Å². The summed E-state index contributed by atoms with van der Waals surface area (Å²) >= 11 is 0. The molecule has 1 aromatic carbocycles. The van der Waals surface area contributed by atoms with Crippen LogP contribution in [0.4, 0.5) is 4.79 Å². The largest absolute Gasteiger partial charge is 0.464 e. The minimum atomic E-state index is -0.696. The van der Waals surface area contributed by atoms with E-state index in [-0.39, 0.29) is 12.3 Å². The van der Waals surface area contributed by atoms with Crippen molar-refractivity contribution in [1.29, 1.82) is 0 Å². The third kappa shape index (κ3) is 4.32. The molecule has 1 heterocycles. The second kappa shape index (κ2) is 7.44. The van der Waals surface area contributed by atoms with Crippen molar-refractivity contribution >= 4 is 12.1 Å². The molecule has 0 aliphatic carbocycles. The number of carbonyl (C=O) groups is 2. The zero-order chi connectivity index (χ0) is 15.1. The van der Waals surface area contributed by atoms with E-state index in [9.17, 15) is 9.59 Å². The van der Waals surface area contributed by atoms with Crippen LogP contribution in [0.15, 0.2) is 41.6 Å². The fourth-order valence-electron chi connectivity index (χ4n) is 1.91. The summed E-state index contributed by atoms with van der Waals surface area (Å²) in [7, 11) is 1.26. The molecule has 0 unspecified atom stereocenters. The maximum Gasteiger partial charge on any atom is 0.412 e. The predicted molar refractivity (Wildman–Crippen MR) is 74.2 cm³/mol. The molecule has 0 radical (unpaired) electrons. The van der Waals surface area contributed by atoms with E-state index in [2.05, 4.69) is 10.1 Å². The summed E-state index contributed by atoms with van der Waals surface area (Å²) in [6.07, 6.45) is -0.109. The molecule has 1 N–H and O–H groups in total. The van der Waals surface area contributed by atoms with E-state index in [0.717, 1.165) is 5.56 Å². The van der Waals surface area contributed by atoms with Crippen LogP contribution in [0.25, 0.3) is 0 Å². The molecule has 21 heavy (non-hydrogen) atoms. The Morgan fingerprint density at radius 1 is 1.29 bits per heavy atom. The van der Waals surface area contributed by atoms with Crippen molar-refractivity contribution in [2.75, 3.05) is 20.3 Å². The lowest BCUT2D eigenvalue weighted by molar-refractivity contribution is -0.136. The molecule has 0 bridgehead atoms. The van der Waals surface area contributed by atoms with Crippen molar-refractivity contribution in [3.63, 3.8) is 0 Å². The molecule has 0 spiro atoms. The summed E-state index contributed by atoms with van der Waals surface area (Å²) in [6, 6.07) is 9.28. The maximum absolute atomic E-state index is 11.8. The highest BCUT2D eigenvalue weighted by atomic mass is 16.6. The molecule has 6 heteroatoms. The zero-order valence-corrected chi connectivity index (χ0v) is 11.8. The summed E-state index contributed by atoms with van der Waals surface area (Å²) in [5.41, 5.74) is 1.68. The number of alkyl carbamates (subject to hydrolysis) is 1. The lowest BCUT2D eigenvalue weighted by Gasteiger charge is -2.11. The van der Waals surface area contributed by atoms with Crippen molar-refractivity contribution < 1.29 is 23.8 Å². The first-order valence-corrected chi connectivity index (χ1v) is 6.56. The van der Waals surface area contributed by atoms with Gasteiger partial charge in [-0.25, -0.2) is 9.59 Å². The smallest absolute Gasteiger partial charge is 0.412 e. The number of methoxy groups -OCH3 is 1. The van der Waals surface area contributed by atoms with Crippen molar-refractivity contribution in [2.24, 2.45) is 0 Å². The summed E-state index contributed by atoms with van der Waals surface area (Å²) in [4.78, 5) is 23.5. The van der Waals surface area contributed by atoms with Gasteiger partial charge in [-0.05, 0) is 17.6 Å². The van der Waals surface area contributed by atoms with Gasteiger partial charge in [0, 0.05) is 0 Å². The first-order chi connectivity index (χ1) is 10.2. The van der Waals surface area contributed by atoms with Crippen molar-refractivity contribution in [2.45, 2.75) is 13.0 Å². The molecular weight excluding hydrogens is 274 g/mol. The molecule has 112 valence electrons. The number of carbonyl (C=O) groups excluding carboxylic acids is 2. The molecular formula is C15H17NO5. The number of benzene rings is 1. The standard InChI is InChI=1S/C15H17NO5/c1-19-14(17)13(12-7-8-20-10-12)16-15(18)21-9-11-5-3-2-4-6-11/h2-6H,7-10H2,1H3,(H,16,18). The second-order valence-electron chi connectivity index (χ2n) is 4.46. The van der Waals surface area contributed by atoms with Gasteiger partial charge in [-0.15, -0.1) is 0 Å². The number of hydrogen-bond acceptors (Lipinski definition) is 5. The van der Waals surface area contributed by atoms with Crippen molar-refractivity contribution in [1.82, 2.24) is 5.32 Å². The van der Waals surface area contributed by atoms with Crippen LogP contribution < -0.4 is 5.32 Å². The van der Waals surface area contributed by atoms with Gasteiger partial charge in [0.25, 0.3) is 0 Å². The normalized spacial score (nSPS) is 16.2. The van der Waals surface area contributed by atoms with Crippen molar-refractivity contribution in [3.05, 3.63) is 47.2 Å². The molecule has 1 saturated heterocycles. The van der Waals surface area contributed by atoms with Gasteiger partial charge in [0.1, 0.15) is 12.3 Å². The molecule has 1 fully saturated rings. The van der Waals surface area contributed by atoms with Crippen LogP contribution >= 0.6 is 0 Å². The lowest BCUT2D eigenvalue weighted by atomic mass is 10.2. The Kier molecular flexibility index (Phi) is 5.34. The summed E-state index contributed by atoms with van der Waals surface area (Å²) in [5.74, 6) is -0.604. The van der Waals surface area contributed by atoms with Gasteiger partial charge in [-0.2, -0.15) is 0 Å². The number of amides is 1. The highest BCUT2D eigenvalue weighted by Gasteiger charge is 2.22. The minimum absolute atomic E-state index is 0.105. The fourth-order valence-corrected chi connectivity index (χ4v) is 1.91. The summed E-state index contributed by atoms with van der Waals surface area (Å²) < 4.78 is 14.9. The lowest BCUT2D eigenvalue weighted by Crippen LogP contribution is -2.30. The average molecular weight is 291 g/mol. The first kappa shape index (κ1) is 15.1. The number of rotatable bonds is 4. The Morgan fingerprint density at radius 3 is 2.67 bits per heavy atom. The van der Waals surface area contributed by atoms with Crippen LogP contribution in [0.1, 0.15) is 12.0 Å². The Morgan fingerprint density at radius 2 is 2.05 bits per heavy atom. The van der Waals surface area contributed by atoms with E-state index in [1.165, 1.54) is 7.11 Å².